The van der Waals surface area contributed by atoms with Crippen molar-refractivity contribution in [1.82, 2.24) is 0 Å². The molecule has 0 bridgehead atoms. The Morgan fingerprint density at radius 1 is 1.31 bits per heavy atom. The minimum absolute atomic E-state index is 0.278. The molecule has 0 aliphatic rings. The number of hydrogen-bond acceptors (Lipinski definition) is 3. The van der Waals surface area contributed by atoms with Crippen LogP contribution >= 0.6 is 0 Å². The fourth-order valence-corrected chi connectivity index (χ4v) is 0.845. The monoisotopic (exact) mass is 190 g/mol. The van der Waals surface area contributed by atoms with E-state index in [1.165, 1.54) is 7.11 Å². The smallest absolute Gasteiger partial charge is 0.135 e. The van der Waals surface area contributed by atoms with Gasteiger partial charge in [-0.2, -0.15) is 0 Å². The van der Waals surface area contributed by atoms with Gasteiger partial charge in [0.1, 0.15) is 24.0 Å². The summed E-state index contributed by atoms with van der Waals surface area (Å²) in [5, 5.41) is 8.79. The van der Waals surface area contributed by atoms with Gasteiger partial charge in [-0.1, -0.05) is 0 Å². The SMILES string of the molecule is COOCc1c(F)cc(O)cc1F. The van der Waals surface area contributed by atoms with Gasteiger partial charge in [-0.3, -0.25) is 0 Å². The van der Waals surface area contributed by atoms with Gasteiger partial charge >= 0.3 is 0 Å². The van der Waals surface area contributed by atoms with Crippen LogP contribution in [-0.4, -0.2) is 12.2 Å². The van der Waals surface area contributed by atoms with Crippen LogP contribution in [0.25, 0.3) is 0 Å². The molecule has 5 heteroatoms. The Morgan fingerprint density at radius 2 is 1.85 bits per heavy atom. The van der Waals surface area contributed by atoms with Crippen molar-refractivity contribution in [3.8, 4) is 5.75 Å². The lowest BCUT2D eigenvalue weighted by atomic mass is 10.2. The van der Waals surface area contributed by atoms with E-state index in [1.54, 1.807) is 0 Å². The quantitative estimate of drug-likeness (QED) is 0.582. The van der Waals surface area contributed by atoms with Gasteiger partial charge in [0.25, 0.3) is 0 Å². The maximum atomic E-state index is 12.9. The molecule has 13 heavy (non-hydrogen) atoms. The number of phenolic OH excluding ortho intramolecular Hbond substituents is 1. The van der Waals surface area contributed by atoms with Crippen LogP contribution in [0.1, 0.15) is 5.56 Å². The molecule has 72 valence electrons. The number of rotatable bonds is 3. The molecule has 0 aliphatic carbocycles. The minimum atomic E-state index is -0.866. The molecular weight excluding hydrogens is 182 g/mol. The predicted octanol–water partition coefficient (Wildman–Crippen LogP) is 1.75. The van der Waals surface area contributed by atoms with E-state index in [0.29, 0.717) is 0 Å². The van der Waals surface area contributed by atoms with Crippen molar-refractivity contribution >= 4 is 0 Å². The van der Waals surface area contributed by atoms with Crippen molar-refractivity contribution in [3.05, 3.63) is 29.3 Å². The third-order valence-corrected chi connectivity index (χ3v) is 1.45. The highest BCUT2D eigenvalue weighted by molar-refractivity contribution is 5.28. The standard InChI is InChI=1S/C8H8F2O3/c1-12-13-4-6-7(9)2-5(11)3-8(6)10/h2-3,11H,4H2,1H3. The fourth-order valence-electron chi connectivity index (χ4n) is 0.845. The summed E-state index contributed by atoms with van der Waals surface area (Å²) in [5.74, 6) is -2.19. The molecule has 0 unspecified atom stereocenters. The summed E-state index contributed by atoms with van der Waals surface area (Å²) in [6, 6.07) is 1.61. The van der Waals surface area contributed by atoms with Crippen LogP contribution in [0, 0.1) is 11.6 Å². The third-order valence-electron chi connectivity index (χ3n) is 1.45. The Hall–Kier alpha value is -1.20. The first-order valence-electron chi connectivity index (χ1n) is 3.47. The van der Waals surface area contributed by atoms with E-state index in [-0.39, 0.29) is 12.2 Å². The minimum Gasteiger partial charge on any atom is -0.508 e. The highest BCUT2D eigenvalue weighted by Crippen LogP contribution is 2.19. The van der Waals surface area contributed by atoms with Crippen molar-refractivity contribution in [2.24, 2.45) is 0 Å². The number of halogens is 2. The van der Waals surface area contributed by atoms with Crippen LogP contribution in [0.4, 0.5) is 8.78 Å². The zero-order chi connectivity index (χ0) is 9.84. The Labute approximate surface area is 73.4 Å². The summed E-state index contributed by atoms with van der Waals surface area (Å²) in [4.78, 5) is 8.55. The van der Waals surface area contributed by atoms with Crippen molar-refractivity contribution in [2.45, 2.75) is 6.61 Å². The molecule has 0 spiro atoms. The Kier molecular flexibility index (Phi) is 3.16. The van der Waals surface area contributed by atoms with Gasteiger partial charge in [-0.05, 0) is 0 Å². The van der Waals surface area contributed by atoms with Gasteiger partial charge in [0, 0.05) is 12.1 Å². The van der Waals surface area contributed by atoms with Crippen molar-refractivity contribution in [1.29, 1.82) is 0 Å². The Morgan fingerprint density at radius 3 is 2.31 bits per heavy atom. The van der Waals surface area contributed by atoms with Crippen LogP contribution in [0.15, 0.2) is 12.1 Å². The van der Waals surface area contributed by atoms with E-state index in [4.69, 9.17) is 5.11 Å². The van der Waals surface area contributed by atoms with Crippen LogP contribution in [0.5, 0.6) is 5.75 Å². The lowest BCUT2D eigenvalue weighted by molar-refractivity contribution is -0.283. The lowest BCUT2D eigenvalue weighted by Crippen LogP contribution is -1.98. The highest BCUT2D eigenvalue weighted by atomic mass is 19.1. The van der Waals surface area contributed by atoms with E-state index in [9.17, 15) is 8.78 Å². The zero-order valence-corrected chi connectivity index (χ0v) is 6.88. The zero-order valence-electron chi connectivity index (χ0n) is 6.88. The highest BCUT2D eigenvalue weighted by Gasteiger charge is 2.10. The molecular formula is C8H8F2O3. The Bertz CT molecular complexity index is 278. The molecule has 3 nitrogen and oxygen atoms in total. The molecule has 0 atom stereocenters. The molecule has 0 amide bonds. The lowest BCUT2D eigenvalue weighted by Gasteiger charge is -2.04. The van der Waals surface area contributed by atoms with Crippen LogP contribution in [-0.2, 0) is 16.4 Å². The molecule has 0 radical (unpaired) electrons. The molecule has 1 aromatic rings. The molecule has 0 fully saturated rings. The Balaban J connectivity index is 2.92. The maximum absolute atomic E-state index is 12.9. The topological polar surface area (TPSA) is 38.7 Å². The van der Waals surface area contributed by atoms with E-state index >= 15 is 0 Å². The van der Waals surface area contributed by atoms with Gasteiger partial charge in [0.2, 0.25) is 0 Å². The summed E-state index contributed by atoms with van der Waals surface area (Å²) in [6.07, 6.45) is 0. The van der Waals surface area contributed by atoms with Gasteiger partial charge in [0.05, 0.1) is 12.7 Å². The van der Waals surface area contributed by atoms with Crippen LogP contribution < -0.4 is 0 Å². The second-order valence-corrected chi connectivity index (χ2v) is 2.32. The van der Waals surface area contributed by atoms with Crippen molar-refractivity contribution < 1.29 is 23.7 Å². The van der Waals surface area contributed by atoms with Gasteiger partial charge < -0.3 is 5.11 Å². The molecule has 0 saturated heterocycles. The first-order chi connectivity index (χ1) is 6.15. The second-order valence-electron chi connectivity index (χ2n) is 2.32. The maximum Gasteiger partial charge on any atom is 0.135 e. The molecule has 0 heterocycles. The van der Waals surface area contributed by atoms with Crippen molar-refractivity contribution in [3.63, 3.8) is 0 Å². The molecule has 1 aromatic carbocycles. The van der Waals surface area contributed by atoms with E-state index < -0.39 is 17.4 Å². The molecule has 1 N–H and O–H groups in total. The van der Waals surface area contributed by atoms with Crippen molar-refractivity contribution in [2.75, 3.05) is 7.11 Å². The average molecular weight is 190 g/mol. The first-order valence-corrected chi connectivity index (χ1v) is 3.47. The summed E-state index contributed by atoms with van der Waals surface area (Å²) in [5.41, 5.74) is -0.278. The number of benzene rings is 1. The summed E-state index contributed by atoms with van der Waals surface area (Å²) >= 11 is 0. The number of phenols is 1. The largest absolute Gasteiger partial charge is 0.508 e. The summed E-state index contributed by atoms with van der Waals surface area (Å²) in [7, 11) is 1.23. The average Bonchev–Trinajstić information content (AvgIpc) is 2.02. The normalized spacial score (nSPS) is 10.4. The second kappa shape index (κ2) is 4.15. The van der Waals surface area contributed by atoms with Crippen LogP contribution in [0.3, 0.4) is 0 Å². The molecule has 0 aliphatic heterocycles. The van der Waals surface area contributed by atoms with Gasteiger partial charge in [-0.25, -0.2) is 18.6 Å². The molecule has 0 saturated carbocycles. The van der Waals surface area contributed by atoms with Gasteiger partial charge in [0.15, 0.2) is 0 Å². The molecule has 1 rings (SSSR count). The number of hydrogen-bond donors (Lipinski definition) is 1. The van der Waals surface area contributed by atoms with E-state index in [0.717, 1.165) is 12.1 Å². The third kappa shape index (κ3) is 2.37. The summed E-state index contributed by atoms with van der Waals surface area (Å²) in [6.45, 7) is -0.339. The summed E-state index contributed by atoms with van der Waals surface area (Å²) < 4.78 is 25.8. The first kappa shape index (κ1) is 9.88. The molecule has 0 aromatic heterocycles. The van der Waals surface area contributed by atoms with Crippen LogP contribution in [0.2, 0.25) is 0 Å². The van der Waals surface area contributed by atoms with Gasteiger partial charge in [-0.15, -0.1) is 0 Å². The van der Waals surface area contributed by atoms with E-state index in [2.05, 4.69) is 9.78 Å². The number of aromatic hydroxyl groups is 1. The van der Waals surface area contributed by atoms with E-state index in [1.807, 2.05) is 0 Å². The predicted molar refractivity (Wildman–Crippen MR) is 39.8 cm³/mol. The fraction of sp³-hybridized carbons (Fsp3) is 0.250.